The van der Waals surface area contributed by atoms with Crippen molar-refractivity contribution in [2.45, 2.75) is 56.5 Å². The number of aliphatic carboxylic acids is 1. The maximum atomic E-state index is 12.7. The molecule has 4 rings (SSSR count). The lowest BCUT2D eigenvalue weighted by molar-refractivity contribution is -0.192. The molecule has 2 bridgehead atoms. The number of piperidine rings is 1. The molecule has 0 spiro atoms. The largest absolute Gasteiger partial charge is 0.490 e. The summed E-state index contributed by atoms with van der Waals surface area (Å²) in [6.07, 6.45) is -0.412. The molecule has 2 aliphatic heterocycles. The Morgan fingerprint density at radius 2 is 1.79 bits per heavy atom. The van der Waals surface area contributed by atoms with Gasteiger partial charge in [0.1, 0.15) is 11.1 Å². The Kier molecular flexibility index (Phi) is 8.17. The first-order valence-electron chi connectivity index (χ1n) is 10.6. The summed E-state index contributed by atoms with van der Waals surface area (Å²) in [5, 5.41) is 22.5. The number of carboxylic acid groups (broad SMARTS) is 1. The number of amides is 1. The van der Waals surface area contributed by atoms with Gasteiger partial charge in [0.2, 0.25) is 0 Å². The topological polar surface area (TPSA) is 103 Å². The van der Waals surface area contributed by atoms with Crippen LogP contribution in [-0.4, -0.2) is 48.6 Å². The van der Waals surface area contributed by atoms with Crippen molar-refractivity contribution in [1.82, 2.24) is 5.32 Å². The van der Waals surface area contributed by atoms with Crippen molar-refractivity contribution < 1.29 is 32.6 Å². The summed E-state index contributed by atoms with van der Waals surface area (Å²) in [6, 6.07) is 12.8. The van der Waals surface area contributed by atoms with Crippen LogP contribution >= 0.6 is 11.3 Å². The summed E-state index contributed by atoms with van der Waals surface area (Å²) in [6.45, 7) is 0. The van der Waals surface area contributed by atoms with Gasteiger partial charge in [-0.2, -0.15) is 18.4 Å². The molecule has 2 fully saturated rings. The lowest BCUT2D eigenvalue weighted by Crippen LogP contribution is -2.43. The summed E-state index contributed by atoms with van der Waals surface area (Å²) in [5.74, 6) is -2.76. The number of carbonyl (C=O) groups is 2. The maximum Gasteiger partial charge on any atom is 0.490 e. The predicted octanol–water partition coefficient (Wildman–Crippen LogP) is 4.70. The highest BCUT2D eigenvalue weighted by molar-refractivity contribution is 7.14. The quantitative estimate of drug-likeness (QED) is 0.638. The summed E-state index contributed by atoms with van der Waals surface area (Å²) in [7, 11) is 1.78. The monoisotopic (exact) mass is 495 g/mol. The van der Waals surface area contributed by atoms with Crippen LogP contribution in [0.3, 0.4) is 0 Å². The van der Waals surface area contributed by atoms with Crippen LogP contribution in [0.4, 0.5) is 23.0 Å². The molecule has 2 saturated heterocycles. The van der Waals surface area contributed by atoms with E-state index in [-0.39, 0.29) is 12.2 Å². The van der Waals surface area contributed by atoms with Gasteiger partial charge in [0, 0.05) is 25.6 Å². The second-order valence-electron chi connectivity index (χ2n) is 8.21. The highest BCUT2D eigenvalue weighted by Gasteiger charge is 2.38. The number of ether oxygens (including phenoxy) is 1. The van der Waals surface area contributed by atoms with Crippen LogP contribution in [0.5, 0.6) is 0 Å². The Balaban J connectivity index is 0.000000406. The molecule has 3 heterocycles. The van der Waals surface area contributed by atoms with E-state index in [1.807, 2.05) is 35.7 Å². The number of hydrogen-bond donors (Lipinski definition) is 2. The van der Waals surface area contributed by atoms with E-state index in [0.29, 0.717) is 17.6 Å². The van der Waals surface area contributed by atoms with E-state index in [1.165, 1.54) is 12.8 Å². The number of carbonyl (C=O) groups excluding carboxylic acids is 1. The number of rotatable bonds is 4. The van der Waals surface area contributed by atoms with E-state index in [1.54, 1.807) is 23.3 Å². The number of carboxylic acids is 1. The average Bonchev–Trinajstić information content (AvgIpc) is 3.39. The van der Waals surface area contributed by atoms with E-state index >= 15 is 0 Å². The third-order valence-corrected chi connectivity index (χ3v) is 6.75. The number of hydrogen-bond acceptors (Lipinski definition) is 6. The molecular formula is C23H24F3N3O4S. The number of benzene rings is 1. The molecule has 1 aromatic heterocycles. The molecule has 2 atom stereocenters. The molecule has 34 heavy (non-hydrogen) atoms. The van der Waals surface area contributed by atoms with Crippen LogP contribution in [0.25, 0.3) is 0 Å². The highest BCUT2D eigenvalue weighted by atomic mass is 32.1. The third-order valence-electron chi connectivity index (χ3n) is 5.72. The second-order valence-corrected chi connectivity index (χ2v) is 9.11. The van der Waals surface area contributed by atoms with Crippen LogP contribution in [0.1, 0.15) is 42.4 Å². The van der Waals surface area contributed by atoms with E-state index < -0.39 is 12.1 Å². The Bertz CT molecular complexity index is 1040. The van der Waals surface area contributed by atoms with Crippen LogP contribution in [-0.2, 0) is 16.0 Å². The summed E-state index contributed by atoms with van der Waals surface area (Å²) < 4.78 is 37.5. The normalized spacial score (nSPS) is 21.1. The maximum absolute atomic E-state index is 12.7. The van der Waals surface area contributed by atoms with E-state index in [0.717, 1.165) is 35.4 Å². The van der Waals surface area contributed by atoms with Crippen molar-refractivity contribution in [2.75, 3.05) is 11.9 Å². The number of thiophene rings is 1. The molecule has 2 aromatic rings. The third kappa shape index (κ3) is 6.71. The van der Waals surface area contributed by atoms with Gasteiger partial charge in [0.15, 0.2) is 0 Å². The van der Waals surface area contributed by atoms with Gasteiger partial charge >= 0.3 is 18.2 Å². The van der Waals surface area contributed by atoms with Crippen molar-refractivity contribution in [2.24, 2.45) is 0 Å². The average molecular weight is 496 g/mol. The lowest BCUT2D eigenvalue weighted by Gasteiger charge is -2.30. The van der Waals surface area contributed by atoms with E-state index in [2.05, 4.69) is 11.4 Å². The molecule has 1 aromatic carbocycles. The molecule has 2 aliphatic rings. The van der Waals surface area contributed by atoms with Crippen molar-refractivity contribution in [3.8, 4) is 6.07 Å². The fourth-order valence-corrected chi connectivity index (χ4v) is 4.96. The number of nitrogens with one attached hydrogen (secondary N) is 1. The number of nitrogens with zero attached hydrogens (tertiary/aromatic N) is 2. The SMILES string of the molecule is CN(C(=O)OC1CC2CCC(C1)N2)c1sccc1Cc1ccc(C#N)cc1.O=C(O)C(F)(F)F. The van der Waals surface area contributed by atoms with Gasteiger partial charge < -0.3 is 15.2 Å². The minimum Gasteiger partial charge on any atom is -0.475 e. The second kappa shape index (κ2) is 10.9. The van der Waals surface area contributed by atoms with Gasteiger partial charge in [-0.25, -0.2) is 9.59 Å². The summed E-state index contributed by atoms with van der Waals surface area (Å²) in [4.78, 5) is 23.2. The van der Waals surface area contributed by atoms with Crippen molar-refractivity contribution in [1.29, 1.82) is 5.26 Å². The first kappa shape index (κ1) is 25.5. The Labute approximate surface area is 198 Å². The van der Waals surface area contributed by atoms with Crippen LogP contribution in [0.15, 0.2) is 35.7 Å². The molecule has 182 valence electrons. The fraction of sp³-hybridized carbons (Fsp3) is 0.435. The number of anilines is 1. The van der Waals surface area contributed by atoms with E-state index in [4.69, 9.17) is 19.9 Å². The molecule has 7 nitrogen and oxygen atoms in total. The smallest absolute Gasteiger partial charge is 0.475 e. The molecule has 0 saturated carbocycles. The fourth-order valence-electron chi connectivity index (χ4n) is 4.08. The Morgan fingerprint density at radius 3 is 2.32 bits per heavy atom. The van der Waals surface area contributed by atoms with Gasteiger partial charge in [0.05, 0.1) is 11.6 Å². The van der Waals surface area contributed by atoms with Crippen LogP contribution in [0, 0.1) is 11.3 Å². The van der Waals surface area contributed by atoms with Crippen LogP contribution < -0.4 is 10.2 Å². The summed E-state index contributed by atoms with van der Waals surface area (Å²) >= 11 is 1.55. The van der Waals surface area contributed by atoms with Crippen molar-refractivity contribution in [3.63, 3.8) is 0 Å². The van der Waals surface area contributed by atoms with Gasteiger partial charge in [-0.05, 0) is 60.4 Å². The van der Waals surface area contributed by atoms with E-state index in [9.17, 15) is 18.0 Å². The molecule has 0 aliphatic carbocycles. The number of nitriles is 1. The Hall–Kier alpha value is -3.10. The first-order chi connectivity index (χ1) is 16.1. The standard InChI is InChI=1S/C21H23N3O2S.C2HF3O2/c1-24(21(25)26-19-11-17-6-7-18(12-19)23-17)20-16(8-9-27-20)10-14-2-4-15(13-22)5-3-14;3-2(4,5)1(6)7/h2-5,8-9,17-19,23H,6-7,10-12H2,1H3;(H,6,7). The molecular weight excluding hydrogens is 471 g/mol. The molecule has 11 heteroatoms. The highest BCUT2D eigenvalue weighted by Crippen LogP contribution is 2.32. The number of alkyl halides is 3. The molecule has 2 N–H and O–H groups in total. The lowest BCUT2D eigenvalue weighted by atomic mass is 10.0. The first-order valence-corrected chi connectivity index (χ1v) is 11.5. The van der Waals surface area contributed by atoms with Gasteiger partial charge in [-0.1, -0.05) is 12.1 Å². The van der Waals surface area contributed by atoms with Crippen molar-refractivity contribution in [3.05, 3.63) is 52.4 Å². The minimum atomic E-state index is -5.08. The minimum absolute atomic E-state index is 0.0145. The van der Waals surface area contributed by atoms with Gasteiger partial charge in [-0.15, -0.1) is 11.3 Å². The zero-order valence-corrected chi connectivity index (χ0v) is 19.2. The van der Waals surface area contributed by atoms with Gasteiger partial charge in [-0.3, -0.25) is 4.90 Å². The summed E-state index contributed by atoms with van der Waals surface area (Å²) in [5.41, 5.74) is 2.86. The number of halogens is 3. The zero-order chi connectivity index (χ0) is 24.9. The van der Waals surface area contributed by atoms with Gasteiger partial charge in [0.25, 0.3) is 0 Å². The zero-order valence-electron chi connectivity index (χ0n) is 18.3. The molecule has 1 amide bonds. The van der Waals surface area contributed by atoms with Crippen LogP contribution in [0.2, 0.25) is 0 Å². The molecule has 2 unspecified atom stereocenters. The molecule has 0 radical (unpaired) electrons. The number of fused-ring (bicyclic) bond motifs is 2. The van der Waals surface area contributed by atoms with Crippen molar-refractivity contribution >= 4 is 28.4 Å². The Morgan fingerprint density at radius 1 is 1.21 bits per heavy atom. The predicted molar refractivity (Wildman–Crippen MR) is 120 cm³/mol.